The Morgan fingerprint density at radius 1 is 1.06 bits per heavy atom. The van der Waals surface area contributed by atoms with Crippen LogP contribution in [0.4, 0.5) is 19.0 Å². The molecule has 0 radical (unpaired) electrons. The van der Waals surface area contributed by atoms with E-state index < -0.39 is 23.1 Å². The first-order chi connectivity index (χ1) is 15.4. The van der Waals surface area contributed by atoms with Gasteiger partial charge in [-0.05, 0) is 42.9 Å². The lowest BCUT2D eigenvalue weighted by Gasteiger charge is -2.35. The van der Waals surface area contributed by atoms with E-state index in [-0.39, 0.29) is 17.3 Å². The maximum absolute atomic E-state index is 14.0. The highest BCUT2D eigenvalue weighted by Gasteiger charge is 2.43. The predicted molar refractivity (Wildman–Crippen MR) is 112 cm³/mol. The van der Waals surface area contributed by atoms with E-state index in [1.807, 2.05) is 0 Å². The van der Waals surface area contributed by atoms with E-state index in [1.54, 1.807) is 6.07 Å². The molecule has 9 heteroatoms. The molecule has 2 N–H and O–H groups in total. The number of β-amino-alcohol motifs (C(OH)–C–C–N with tert-alkyl or cyclic N) is 1. The molecular formula is C23H27F3N4O2. The van der Waals surface area contributed by atoms with Crippen LogP contribution in [0.2, 0.25) is 0 Å². The minimum atomic E-state index is -1.25. The lowest BCUT2D eigenvalue weighted by atomic mass is 9.94. The molecule has 1 saturated carbocycles. The molecular weight excluding hydrogens is 421 g/mol. The summed E-state index contributed by atoms with van der Waals surface area (Å²) < 4.78 is 46.3. The molecule has 1 aliphatic carbocycles. The van der Waals surface area contributed by atoms with Gasteiger partial charge in [-0.3, -0.25) is 4.90 Å². The first-order valence-corrected chi connectivity index (χ1v) is 11.2. The Morgan fingerprint density at radius 3 is 2.44 bits per heavy atom. The SMILES string of the molecule is OC1(CN2C[C@H]3C[C@H](Nc4ccc(-c5cc(F)cc(F)c5F)nn4)C[C@H]3C2)CCOCC1. The molecule has 2 aliphatic heterocycles. The van der Waals surface area contributed by atoms with E-state index in [4.69, 9.17) is 4.74 Å². The van der Waals surface area contributed by atoms with Gasteiger partial charge in [-0.25, -0.2) is 13.2 Å². The van der Waals surface area contributed by atoms with Gasteiger partial charge in [0.25, 0.3) is 0 Å². The van der Waals surface area contributed by atoms with Crippen molar-refractivity contribution < 1.29 is 23.0 Å². The van der Waals surface area contributed by atoms with Gasteiger partial charge in [0.05, 0.1) is 11.3 Å². The number of aromatic nitrogens is 2. The van der Waals surface area contributed by atoms with Crippen molar-refractivity contribution in [1.29, 1.82) is 0 Å². The second-order valence-electron chi connectivity index (χ2n) is 9.42. The van der Waals surface area contributed by atoms with Gasteiger partial charge < -0.3 is 15.2 Å². The van der Waals surface area contributed by atoms with Crippen molar-refractivity contribution in [2.24, 2.45) is 11.8 Å². The molecule has 6 nitrogen and oxygen atoms in total. The summed E-state index contributed by atoms with van der Waals surface area (Å²) in [5.41, 5.74) is -0.796. The molecule has 2 saturated heterocycles. The van der Waals surface area contributed by atoms with Crippen molar-refractivity contribution in [3.8, 4) is 11.3 Å². The Kier molecular flexibility index (Phi) is 5.81. The number of likely N-dealkylation sites (tertiary alicyclic amines) is 1. The quantitative estimate of drug-likeness (QED) is 0.685. The van der Waals surface area contributed by atoms with E-state index in [1.165, 1.54) is 6.07 Å². The summed E-state index contributed by atoms with van der Waals surface area (Å²) in [6.45, 7) is 3.95. The zero-order chi connectivity index (χ0) is 22.3. The molecule has 5 rings (SSSR count). The highest BCUT2D eigenvalue weighted by molar-refractivity contribution is 5.60. The number of fused-ring (bicyclic) bond motifs is 1. The first kappa shape index (κ1) is 21.6. The molecule has 0 unspecified atom stereocenters. The number of rotatable bonds is 5. The van der Waals surface area contributed by atoms with Crippen LogP contribution in [0.1, 0.15) is 25.7 Å². The van der Waals surface area contributed by atoms with Crippen molar-refractivity contribution in [3.05, 3.63) is 41.7 Å². The number of halogens is 3. The monoisotopic (exact) mass is 448 g/mol. The molecule has 0 amide bonds. The second kappa shape index (κ2) is 8.61. The van der Waals surface area contributed by atoms with Gasteiger partial charge in [0, 0.05) is 63.4 Å². The molecule has 3 atom stereocenters. The normalized spacial score (nSPS) is 27.4. The fraction of sp³-hybridized carbons (Fsp3) is 0.565. The van der Waals surface area contributed by atoms with E-state index in [9.17, 15) is 18.3 Å². The third kappa shape index (κ3) is 4.46. The molecule has 32 heavy (non-hydrogen) atoms. The highest BCUT2D eigenvalue weighted by Crippen LogP contribution is 2.40. The zero-order valence-corrected chi connectivity index (χ0v) is 17.7. The maximum atomic E-state index is 14.0. The number of hydrogen-bond acceptors (Lipinski definition) is 6. The number of nitrogens with one attached hydrogen (secondary N) is 1. The largest absolute Gasteiger partial charge is 0.388 e. The molecule has 2 aromatic rings. The average molecular weight is 448 g/mol. The summed E-state index contributed by atoms with van der Waals surface area (Å²) in [4.78, 5) is 2.39. The Hall–Kier alpha value is -2.23. The van der Waals surface area contributed by atoms with Gasteiger partial charge >= 0.3 is 0 Å². The van der Waals surface area contributed by atoms with Crippen LogP contribution in [0.3, 0.4) is 0 Å². The summed E-state index contributed by atoms with van der Waals surface area (Å²) in [7, 11) is 0. The number of ether oxygens (including phenoxy) is 1. The van der Waals surface area contributed by atoms with E-state index in [0.717, 1.165) is 32.0 Å². The van der Waals surface area contributed by atoms with Crippen molar-refractivity contribution in [3.63, 3.8) is 0 Å². The average Bonchev–Trinajstić information content (AvgIpc) is 3.29. The van der Waals surface area contributed by atoms with Gasteiger partial charge in [0.15, 0.2) is 11.6 Å². The Balaban J connectivity index is 1.16. The summed E-state index contributed by atoms with van der Waals surface area (Å²) in [6, 6.07) is 4.85. The van der Waals surface area contributed by atoms with E-state index in [0.29, 0.717) is 56.3 Å². The van der Waals surface area contributed by atoms with E-state index >= 15 is 0 Å². The number of hydrogen-bond donors (Lipinski definition) is 2. The van der Waals surface area contributed by atoms with Crippen molar-refractivity contribution >= 4 is 5.82 Å². The smallest absolute Gasteiger partial charge is 0.168 e. The minimum Gasteiger partial charge on any atom is -0.388 e. The van der Waals surface area contributed by atoms with Gasteiger partial charge in [-0.1, -0.05) is 0 Å². The summed E-state index contributed by atoms with van der Waals surface area (Å²) >= 11 is 0. The topological polar surface area (TPSA) is 70.5 Å². The third-order valence-electron chi connectivity index (χ3n) is 7.05. The highest BCUT2D eigenvalue weighted by atomic mass is 19.2. The summed E-state index contributed by atoms with van der Waals surface area (Å²) in [5, 5.41) is 22.2. The Labute approximate surface area is 184 Å². The number of nitrogens with zero attached hydrogens (tertiary/aromatic N) is 3. The molecule has 1 aromatic carbocycles. The van der Waals surface area contributed by atoms with Crippen LogP contribution < -0.4 is 5.32 Å². The summed E-state index contributed by atoms with van der Waals surface area (Å²) in [5.74, 6) is -1.54. The van der Waals surface area contributed by atoms with E-state index in [2.05, 4.69) is 20.4 Å². The molecule has 3 heterocycles. The third-order valence-corrected chi connectivity index (χ3v) is 7.05. The van der Waals surface area contributed by atoms with Crippen molar-refractivity contribution in [1.82, 2.24) is 15.1 Å². The Morgan fingerprint density at radius 2 is 1.78 bits per heavy atom. The van der Waals surface area contributed by atoms with Crippen molar-refractivity contribution in [2.75, 3.05) is 38.2 Å². The lowest BCUT2D eigenvalue weighted by molar-refractivity contribution is -0.0779. The molecule has 0 spiro atoms. The fourth-order valence-electron chi connectivity index (χ4n) is 5.47. The van der Waals surface area contributed by atoms with Crippen LogP contribution in [0, 0.1) is 29.3 Å². The van der Waals surface area contributed by atoms with Gasteiger partial charge in [0.2, 0.25) is 0 Å². The summed E-state index contributed by atoms with van der Waals surface area (Å²) in [6.07, 6.45) is 3.42. The second-order valence-corrected chi connectivity index (χ2v) is 9.42. The molecule has 0 bridgehead atoms. The first-order valence-electron chi connectivity index (χ1n) is 11.2. The Bertz CT molecular complexity index is 954. The standard InChI is InChI=1S/C23H27F3N4O2/c24-16-9-18(22(26)19(25)10-16)20-1-2-21(29-28-20)27-17-7-14-11-30(12-15(14)8-17)13-23(31)3-5-32-6-4-23/h1-2,9-10,14-15,17,31H,3-8,11-13H2,(H,27,29)/t14-,15+,17+. The fourth-order valence-corrected chi connectivity index (χ4v) is 5.47. The number of benzene rings is 1. The zero-order valence-electron chi connectivity index (χ0n) is 17.7. The maximum Gasteiger partial charge on any atom is 0.168 e. The molecule has 172 valence electrons. The van der Waals surface area contributed by atoms with Crippen LogP contribution in [0.15, 0.2) is 24.3 Å². The number of anilines is 1. The molecule has 3 aliphatic rings. The van der Waals surface area contributed by atoms with Gasteiger partial charge in [-0.2, -0.15) is 0 Å². The number of aliphatic hydroxyl groups is 1. The molecule has 1 aromatic heterocycles. The van der Waals surface area contributed by atoms with Crippen LogP contribution in [0.5, 0.6) is 0 Å². The van der Waals surface area contributed by atoms with Crippen LogP contribution in [0.25, 0.3) is 11.3 Å². The molecule has 3 fully saturated rings. The lowest BCUT2D eigenvalue weighted by Crippen LogP contribution is -2.46. The predicted octanol–water partition coefficient (Wildman–Crippen LogP) is 3.22. The van der Waals surface area contributed by atoms with Gasteiger partial charge in [-0.15, -0.1) is 10.2 Å². The van der Waals surface area contributed by atoms with Crippen LogP contribution in [-0.4, -0.2) is 64.7 Å². The van der Waals surface area contributed by atoms with Crippen LogP contribution in [-0.2, 0) is 4.74 Å². The van der Waals surface area contributed by atoms with Gasteiger partial charge in [0.1, 0.15) is 11.6 Å². The van der Waals surface area contributed by atoms with Crippen LogP contribution >= 0.6 is 0 Å². The minimum absolute atomic E-state index is 0.0800. The van der Waals surface area contributed by atoms with Crippen molar-refractivity contribution in [2.45, 2.75) is 37.3 Å².